The van der Waals surface area contributed by atoms with Crippen LogP contribution in [-0.4, -0.2) is 33.6 Å². The third-order valence-electron chi connectivity index (χ3n) is 4.94. The van der Waals surface area contributed by atoms with Crippen LogP contribution in [0.3, 0.4) is 0 Å². The van der Waals surface area contributed by atoms with Crippen LogP contribution in [0.1, 0.15) is 38.7 Å². The zero-order valence-corrected chi connectivity index (χ0v) is 17.6. The average molecular weight is 419 g/mol. The summed E-state index contributed by atoms with van der Waals surface area (Å²) in [5.74, 6) is -0.106. The molecule has 2 N–H and O–H groups in total. The highest BCUT2D eigenvalue weighted by atomic mass is 32.2. The smallest absolute Gasteiger partial charge is 0.264 e. The molecule has 8 heteroatoms. The predicted molar refractivity (Wildman–Crippen MR) is 111 cm³/mol. The summed E-state index contributed by atoms with van der Waals surface area (Å²) < 4.78 is 39.6. The van der Waals surface area contributed by atoms with E-state index in [1.165, 1.54) is 16.4 Å². The largest absolute Gasteiger partial charge is 0.490 e. The minimum atomic E-state index is -3.90. The van der Waals surface area contributed by atoms with E-state index in [1.54, 1.807) is 37.3 Å². The summed E-state index contributed by atoms with van der Waals surface area (Å²) in [6.07, 6.45) is 0.320. The van der Waals surface area contributed by atoms with E-state index in [9.17, 15) is 13.2 Å². The molecule has 2 atom stereocenters. The van der Waals surface area contributed by atoms with Crippen molar-refractivity contribution < 1.29 is 22.7 Å². The number of sulfonamides is 1. The van der Waals surface area contributed by atoms with E-state index in [1.807, 2.05) is 13.8 Å². The van der Waals surface area contributed by atoms with Crippen molar-refractivity contribution in [3.05, 3.63) is 48.0 Å². The van der Waals surface area contributed by atoms with Crippen LogP contribution in [0.15, 0.2) is 47.4 Å². The molecule has 0 bridgehead atoms. The van der Waals surface area contributed by atoms with Gasteiger partial charge >= 0.3 is 0 Å². The first-order valence-corrected chi connectivity index (χ1v) is 11.1. The molecule has 0 fully saturated rings. The monoisotopic (exact) mass is 418 g/mol. The summed E-state index contributed by atoms with van der Waals surface area (Å²) in [5.41, 5.74) is 6.67. The Hall–Kier alpha value is -2.74. The molecule has 1 aliphatic rings. The molecular weight excluding hydrogens is 392 g/mol. The van der Waals surface area contributed by atoms with Gasteiger partial charge in [0, 0.05) is 12.1 Å². The lowest BCUT2D eigenvalue weighted by Crippen LogP contribution is -2.45. The molecule has 1 amide bonds. The van der Waals surface area contributed by atoms with Crippen molar-refractivity contribution in [1.82, 2.24) is 0 Å². The fraction of sp³-hybridized carbons (Fsp3) is 0.381. The maximum absolute atomic E-state index is 13.6. The number of primary amides is 1. The molecule has 7 nitrogen and oxygen atoms in total. The van der Waals surface area contributed by atoms with Crippen LogP contribution in [0.25, 0.3) is 0 Å². The Morgan fingerprint density at radius 2 is 1.76 bits per heavy atom. The van der Waals surface area contributed by atoms with Gasteiger partial charge < -0.3 is 15.2 Å². The topological polar surface area (TPSA) is 98.9 Å². The number of benzene rings is 2. The molecule has 3 rings (SSSR count). The molecular formula is C21H26N2O5S. The highest BCUT2D eigenvalue weighted by Gasteiger charge is 2.39. The second kappa shape index (κ2) is 8.32. The number of fused-ring (bicyclic) bond motifs is 1. The minimum Gasteiger partial charge on any atom is -0.490 e. The third-order valence-corrected chi connectivity index (χ3v) is 6.87. The summed E-state index contributed by atoms with van der Waals surface area (Å²) in [6, 6.07) is 11.2. The molecule has 29 heavy (non-hydrogen) atoms. The van der Waals surface area contributed by atoms with Gasteiger partial charge in [-0.2, -0.15) is 0 Å². The van der Waals surface area contributed by atoms with Gasteiger partial charge in [0.15, 0.2) is 11.5 Å². The summed E-state index contributed by atoms with van der Waals surface area (Å²) >= 11 is 0. The number of hydrogen-bond donors (Lipinski definition) is 1. The number of carbonyl (C=O) groups excluding carboxylic acids is 1. The molecule has 0 saturated heterocycles. The normalized spacial score (nSPS) is 18.8. The quantitative estimate of drug-likeness (QED) is 0.745. The molecule has 156 valence electrons. The second-order valence-corrected chi connectivity index (χ2v) is 8.69. The highest BCUT2D eigenvalue weighted by molar-refractivity contribution is 7.92. The van der Waals surface area contributed by atoms with Gasteiger partial charge in [-0.3, -0.25) is 9.10 Å². The van der Waals surface area contributed by atoms with Crippen LogP contribution >= 0.6 is 0 Å². The first-order valence-electron chi connectivity index (χ1n) is 9.63. The van der Waals surface area contributed by atoms with Crippen molar-refractivity contribution in [2.45, 2.75) is 44.0 Å². The van der Waals surface area contributed by atoms with E-state index in [4.69, 9.17) is 15.2 Å². The molecule has 2 aromatic carbocycles. The first kappa shape index (κ1) is 21.0. The number of para-hydroxylation sites is 1. The van der Waals surface area contributed by atoms with Crippen molar-refractivity contribution in [2.24, 2.45) is 5.73 Å². The number of anilines is 1. The van der Waals surface area contributed by atoms with Crippen molar-refractivity contribution in [1.29, 1.82) is 0 Å². The fourth-order valence-corrected chi connectivity index (χ4v) is 5.43. The van der Waals surface area contributed by atoms with E-state index in [0.29, 0.717) is 42.4 Å². The predicted octanol–water partition coefficient (Wildman–Crippen LogP) is 3.04. The van der Waals surface area contributed by atoms with Crippen molar-refractivity contribution in [3.63, 3.8) is 0 Å². The molecule has 1 aliphatic heterocycles. The van der Waals surface area contributed by atoms with Crippen LogP contribution < -0.4 is 19.5 Å². The van der Waals surface area contributed by atoms with E-state index in [2.05, 4.69) is 0 Å². The number of rotatable bonds is 7. The van der Waals surface area contributed by atoms with Gasteiger partial charge in [0.25, 0.3) is 10.0 Å². The molecule has 0 spiro atoms. The Bertz CT molecular complexity index is 1010. The maximum Gasteiger partial charge on any atom is 0.264 e. The van der Waals surface area contributed by atoms with Crippen LogP contribution in [0.2, 0.25) is 0 Å². The van der Waals surface area contributed by atoms with Crippen LogP contribution in [-0.2, 0) is 14.8 Å². The Balaban J connectivity index is 2.10. The molecule has 2 aromatic rings. The fourth-order valence-electron chi connectivity index (χ4n) is 3.73. The lowest BCUT2D eigenvalue weighted by atomic mass is 9.87. The minimum absolute atomic E-state index is 0.101. The SMILES string of the molecule is CCOc1ccc(S(=O)(=O)N2c3ccccc3[C@H](C(N)=O)C[C@H]2C)cc1OCC. The molecule has 0 aromatic heterocycles. The summed E-state index contributed by atoms with van der Waals surface area (Å²) in [5, 5.41) is 0. The Kier molecular flexibility index (Phi) is 6.02. The second-order valence-electron chi connectivity index (χ2n) is 6.87. The van der Waals surface area contributed by atoms with Gasteiger partial charge in [-0.05, 0) is 51.0 Å². The van der Waals surface area contributed by atoms with E-state index < -0.39 is 27.9 Å². The Morgan fingerprint density at radius 3 is 2.41 bits per heavy atom. The number of nitrogens with two attached hydrogens (primary N) is 1. The number of nitrogens with zero attached hydrogens (tertiary/aromatic N) is 1. The highest BCUT2D eigenvalue weighted by Crippen LogP contribution is 2.42. The van der Waals surface area contributed by atoms with E-state index in [-0.39, 0.29) is 4.90 Å². The number of ether oxygens (including phenoxy) is 2. The third kappa shape index (κ3) is 3.89. The Labute approximate surface area is 171 Å². The lowest BCUT2D eigenvalue weighted by Gasteiger charge is -2.38. The summed E-state index contributed by atoms with van der Waals surface area (Å²) in [4.78, 5) is 12.0. The van der Waals surface area contributed by atoms with Gasteiger partial charge in [-0.1, -0.05) is 18.2 Å². The van der Waals surface area contributed by atoms with Gasteiger partial charge in [-0.15, -0.1) is 0 Å². The van der Waals surface area contributed by atoms with Gasteiger partial charge in [0.05, 0.1) is 29.7 Å². The first-order chi connectivity index (χ1) is 13.8. The molecule has 1 heterocycles. The van der Waals surface area contributed by atoms with Crippen LogP contribution in [0.4, 0.5) is 5.69 Å². The van der Waals surface area contributed by atoms with E-state index in [0.717, 1.165) is 0 Å². The van der Waals surface area contributed by atoms with Crippen molar-refractivity contribution in [3.8, 4) is 11.5 Å². The number of carbonyl (C=O) groups is 1. The number of amides is 1. The standard InChI is InChI=1S/C21H26N2O5S/c1-4-27-19-11-10-15(13-20(19)28-5-2)29(25,26)23-14(3)12-17(21(22)24)16-8-6-7-9-18(16)23/h6-11,13-14,17H,4-5,12H2,1-3H3,(H2,22,24)/t14-,17-/m1/s1. The lowest BCUT2D eigenvalue weighted by molar-refractivity contribution is -0.119. The summed E-state index contributed by atoms with van der Waals surface area (Å²) in [7, 11) is -3.90. The van der Waals surface area contributed by atoms with Gasteiger partial charge in [0.1, 0.15) is 0 Å². The molecule has 0 saturated carbocycles. The zero-order chi connectivity index (χ0) is 21.2. The van der Waals surface area contributed by atoms with Crippen molar-refractivity contribution in [2.75, 3.05) is 17.5 Å². The zero-order valence-electron chi connectivity index (χ0n) is 16.8. The maximum atomic E-state index is 13.6. The molecule has 0 aliphatic carbocycles. The van der Waals surface area contributed by atoms with Gasteiger partial charge in [0.2, 0.25) is 5.91 Å². The number of hydrogen-bond acceptors (Lipinski definition) is 5. The summed E-state index contributed by atoms with van der Waals surface area (Å²) in [6.45, 7) is 6.27. The Morgan fingerprint density at radius 1 is 1.10 bits per heavy atom. The van der Waals surface area contributed by atoms with Gasteiger partial charge in [-0.25, -0.2) is 8.42 Å². The molecule has 0 unspecified atom stereocenters. The molecule has 0 radical (unpaired) electrons. The van der Waals surface area contributed by atoms with E-state index >= 15 is 0 Å². The van der Waals surface area contributed by atoms with Crippen molar-refractivity contribution >= 4 is 21.6 Å². The van der Waals surface area contributed by atoms with Crippen LogP contribution in [0.5, 0.6) is 11.5 Å². The average Bonchev–Trinajstić information content (AvgIpc) is 2.68. The van der Waals surface area contributed by atoms with Crippen LogP contribution in [0, 0.1) is 0 Å².